The fourth-order valence-corrected chi connectivity index (χ4v) is 3.96. The zero-order valence-electron chi connectivity index (χ0n) is 15.3. The standard InChI is InChI=1S/C19H26N4O.ClH/c1-4-21(5-2)10-11-22-18(24)12-14(3)23-17-9-7-6-8-15(17)16(13-20)19(22)23;/h12H,4-11H2,1-3H3;1H. The Morgan fingerprint density at radius 1 is 1.24 bits per heavy atom. The third kappa shape index (κ3) is 3.33. The Kier molecular flexibility index (Phi) is 6.31. The molecule has 0 radical (unpaired) electrons. The molecule has 0 N–H and O–H groups in total. The minimum atomic E-state index is -0.00139. The lowest BCUT2D eigenvalue weighted by molar-refractivity contribution is 0.290. The molecule has 2 aromatic rings. The summed E-state index contributed by atoms with van der Waals surface area (Å²) < 4.78 is 3.97. The van der Waals surface area contributed by atoms with Gasteiger partial charge in [0.2, 0.25) is 0 Å². The summed E-state index contributed by atoms with van der Waals surface area (Å²) in [6, 6.07) is 4.11. The van der Waals surface area contributed by atoms with Crippen molar-refractivity contribution >= 4 is 18.1 Å². The Labute approximate surface area is 155 Å². The van der Waals surface area contributed by atoms with Crippen molar-refractivity contribution in [3.05, 3.63) is 38.9 Å². The molecule has 0 bridgehead atoms. The summed E-state index contributed by atoms with van der Waals surface area (Å²) in [5.74, 6) is 0. The molecule has 0 saturated carbocycles. The molecule has 2 aromatic heterocycles. The van der Waals surface area contributed by atoms with Crippen LogP contribution < -0.4 is 5.56 Å². The van der Waals surface area contributed by atoms with Crippen molar-refractivity contribution in [2.45, 2.75) is 53.0 Å². The third-order valence-electron chi connectivity index (χ3n) is 5.30. The highest BCUT2D eigenvalue weighted by atomic mass is 35.5. The molecule has 0 aromatic carbocycles. The summed E-state index contributed by atoms with van der Waals surface area (Å²) in [5.41, 5.74) is 4.86. The van der Waals surface area contributed by atoms with Gasteiger partial charge in [-0.3, -0.25) is 9.36 Å². The van der Waals surface area contributed by atoms with Crippen LogP contribution in [0.2, 0.25) is 0 Å². The lowest BCUT2D eigenvalue weighted by Crippen LogP contribution is -2.32. The third-order valence-corrected chi connectivity index (χ3v) is 5.30. The number of likely N-dealkylation sites (N-methyl/N-ethyl adjacent to an activating group) is 1. The summed E-state index contributed by atoms with van der Waals surface area (Å²) in [6.07, 6.45) is 4.22. The Morgan fingerprint density at radius 3 is 2.56 bits per heavy atom. The van der Waals surface area contributed by atoms with Gasteiger partial charge in [-0.25, -0.2) is 0 Å². The van der Waals surface area contributed by atoms with Gasteiger partial charge < -0.3 is 9.30 Å². The van der Waals surface area contributed by atoms with Crippen molar-refractivity contribution in [3.8, 4) is 6.07 Å². The molecule has 0 spiro atoms. The lowest BCUT2D eigenvalue weighted by Gasteiger charge is -2.20. The molecular weight excluding hydrogens is 336 g/mol. The van der Waals surface area contributed by atoms with E-state index in [4.69, 9.17) is 0 Å². The van der Waals surface area contributed by atoms with Crippen LogP contribution in [0.1, 0.15) is 49.2 Å². The molecule has 0 unspecified atom stereocenters. The van der Waals surface area contributed by atoms with E-state index in [1.165, 1.54) is 5.69 Å². The molecule has 136 valence electrons. The monoisotopic (exact) mass is 362 g/mol. The van der Waals surface area contributed by atoms with Crippen molar-refractivity contribution in [1.29, 1.82) is 5.26 Å². The zero-order valence-corrected chi connectivity index (χ0v) is 16.2. The number of fused-ring (bicyclic) bond motifs is 3. The van der Waals surface area contributed by atoms with E-state index in [9.17, 15) is 10.1 Å². The highest BCUT2D eigenvalue weighted by Crippen LogP contribution is 2.30. The Morgan fingerprint density at radius 2 is 1.92 bits per heavy atom. The molecule has 1 aliphatic rings. The van der Waals surface area contributed by atoms with Gasteiger partial charge >= 0.3 is 0 Å². The van der Waals surface area contributed by atoms with Crippen molar-refractivity contribution in [1.82, 2.24) is 13.9 Å². The fraction of sp³-hybridized carbons (Fsp3) is 0.579. The van der Waals surface area contributed by atoms with Gasteiger partial charge in [0, 0.05) is 30.5 Å². The van der Waals surface area contributed by atoms with E-state index >= 15 is 0 Å². The summed E-state index contributed by atoms with van der Waals surface area (Å²) >= 11 is 0. The van der Waals surface area contributed by atoms with Crippen LogP contribution in [0.5, 0.6) is 0 Å². The molecule has 2 heterocycles. The van der Waals surface area contributed by atoms with Gasteiger partial charge in [-0.2, -0.15) is 5.26 Å². The van der Waals surface area contributed by atoms with Crippen LogP contribution in [0.15, 0.2) is 10.9 Å². The molecule has 3 rings (SSSR count). The molecule has 0 amide bonds. The van der Waals surface area contributed by atoms with Gasteiger partial charge in [-0.05, 0) is 51.3 Å². The first-order valence-corrected chi connectivity index (χ1v) is 9.01. The van der Waals surface area contributed by atoms with Crippen LogP contribution in [0.3, 0.4) is 0 Å². The summed E-state index contributed by atoms with van der Waals surface area (Å²) in [6.45, 7) is 9.63. The second-order valence-electron chi connectivity index (χ2n) is 6.58. The topological polar surface area (TPSA) is 53.4 Å². The normalized spacial score (nSPS) is 13.6. The van der Waals surface area contributed by atoms with E-state index in [0.29, 0.717) is 12.1 Å². The molecule has 25 heavy (non-hydrogen) atoms. The highest BCUT2D eigenvalue weighted by molar-refractivity contribution is 5.85. The van der Waals surface area contributed by atoms with Crippen LogP contribution in [0.25, 0.3) is 5.65 Å². The van der Waals surface area contributed by atoms with Gasteiger partial charge in [0.15, 0.2) is 0 Å². The molecule has 0 aliphatic heterocycles. The lowest BCUT2D eigenvalue weighted by atomic mass is 9.95. The average Bonchev–Trinajstić information content (AvgIpc) is 2.92. The minimum Gasteiger partial charge on any atom is -0.303 e. The Bertz CT molecular complexity index is 855. The van der Waals surface area contributed by atoms with E-state index in [0.717, 1.165) is 62.2 Å². The van der Waals surface area contributed by atoms with Crippen molar-refractivity contribution in [3.63, 3.8) is 0 Å². The van der Waals surface area contributed by atoms with E-state index in [1.807, 2.05) is 11.5 Å². The number of aromatic nitrogens is 2. The maximum atomic E-state index is 12.6. The van der Waals surface area contributed by atoms with Crippen molar-refractivity contribution in [2.24, 2.45) is 0 Å². The van der Waals surface area contributed by atoms with Crippen LogP contribution in [-0.2, 0) is 19.4 Å². The second kappa shape index (κ2) is 8.07. The first kappa shape index (κ1) is 19.6. The number of hydrogen-bond donors (Lipinski definition) is 0. The van der Waals surface area contributed by atoms with Crippen molar-refractivity contribution in [2.75, 3.05) is 19.6 Å². The van der Waals surface area contributed by atoms with Gasteiger partial charge in [0.1, 0.15) is 11.7 Å². The predicted molar refractivity (Wildman–Crippen MR) is 103 cm³/mol. The molecular formula is C19H27ClN4O. The molecule has 0 fully saturated rings. The van der Waals surface area contributed by atoms with Crippen LogP contribution in [-0.4, -0.2) is 33.5 Å². The molecule has 5 nitrogen and oxygen atoms in total. The Hall–Kier alpha value is -1.77. The summed E-state index contributed by atoms with van der Waals surface area (Å²) in [5, 5.41) is 9.77. The van der Waals surface area contributed by atoms with Gasteiger partial charge in [0.25, 0.3) is 5.56 Å². The molecule has 0 atom stereocenters. The van der Waals surface area contributed by atoms with Crippen LogP contribution >= 0.6 is 12.4 Å². The quantitative estimate of drug-likeness (QED) is 0.821. The smallest absolute Gasteiger partial charge is 0.253 e. The first-order valence-electron chi connectivity index (χ1n) is 9.01. The maximum Gasteiger partial charge on any atom is 0.253 e. The largest absolute Gasteiger partial charge is 0.303 e. The SMILES string of the molecule is CCN(CC)CCn1c(=O)cc(C)n2c3c(c(C#N)c12)CCCC3.Cl. The van der Waals surface area contributed by atoms with E-state index in [-0.39, 0.29) is 18.0 Å². The van der Waals surface area contributed by atoms with Gasteiger partial charge in [-0.15, -0.1) is 12.4 Å². The second-order valence-corrected chi connectivity index (χ2v) is 6.58. The number of hydrogen-bond acceptors (Lipinski definition) is 3. The Balaban J connectivity index is 0.00000225. The predicted octanol–water partition coefficient (Wildman–Crippen LogP) is 2.92. The van der Waals surface area contributed by atoms with Gasteiger partial charge in [0.05, 0.1) is 5.56 Å². The van der Waals surface area contributed by atoms with Crippen LogP contribution in [0, 0.1) is 18.3 Å². The summed E-state index contributed by atoms with van der Waals surface area (Å²) in [7, 11) is 0. The number of nitrogens with zero attached hydrogens (tertiary/aromatic N) is 4. The summed E-state index contributed by atoms with van der Waals surface area (Å²) in [4.78, 5) is 14.9. The average molecular weight is 363 g/mol. The molecule has 6 heteroatoms. The number of halogens is 1. The van der Waals surface area contributed by atoms with E-state index in [2.05, 4.69) is 29.2 Å². The molecule has 1 aliphatic carbocycles. The zero-order chi connectivity index (χ0) is 17.3. The van der Waals surface area contributed by atoms with Gasteiger partial charge in [-0.1, -0.05) is 13.8 Å². The minimum absolute atomic E-state index is 0. The first-order chi connectivity index (χ1) is 11.6. The fourth-order valence-electron chi connectivity index (χ4n) is 3.96. The number of rotatable bonds is 5. The number of nitriles is 1. The maximum absolute atomic E-state index is 12.6. The number of aryl methyl sites for hydroxylation is 2. The van der Waals surface area contributed by atoms with E-state index in [1.54, 1.807) is 6.07 Å². The highest BCUT2D eigenvalue weighted by Gasteiger charge is 2.24. The van der Waals surface area contributed by atoms with Crippen LogP contribution in [0.4, 0.5) is 0 Å². The molecule has 0 saturated heterocycles. The van der Waals surface area contributed by atoms with E-state index < -0.39 is 0 Å². The van der Waals surface area contributed by atoms with Crippen molar-refractivity contribution < 1.29 is 0 Å².